The maximum Gasteiger partial charge on any atom is 0.414 e. The van der Waals surface area contributed by atoms with Crippen LogP contribution in [0.2, 0.25) is 0 Å². The second kappa shape index (κ2) is 9.78. The standard InChI is InChI=1S/C25H26N4O5/c1-16-22(11-12-23(30)33-3)17(2)29(27-16)20-9-7-18(8-10-20)24(31)26-19-5-4-6-21(15-19)28-13-14-34-25(28)32/h4-10,15H,11-14H2,1-3H3,(H,26,31). The molecule has 9 nitrogen and oxygen atoms in total. The van der Waals surface area contributed by atoms with Crippen LogP contribution in [0.15, 0.2) is 48.5 Å². The maximum absolute atomic E-state index is 12.8. The molecular formula is C25H26N4O5. The third-order valence-electron chi connectivity index (χ3n) is 5.80. The molecule has 0 unspecified atom stereocenters. The Morgan fingerprint density at radius 2 is 1.88 bits per heavy atom. The summed E-state index contributed by atoms with van der Waals surface area (Å²) in [5, 5.41) is 7.47. The van der Waals surface area contributed by atoms with Crippen molar-refractivity contribution in [2.24, 2.45) is 0 Å². The predicted octanol–water partition coefficient (Wildman–Crippen LogP) is 3.80. The van der Waals surface area contributed by atoms with Crippen molar-refractivity contribution in [2.45, 2.75) is 26.7 Å². The summed E-state index contributed by atoms with van der Waals surface area (Å²) < 4.78 is 11.5. The first-order valence-electron chi connectivity index (χ1n) is 11.0. The number of hydrogen-bond donors (Lipinski definition) is 1. The number of rotatable bonds is 7. The quantitative estimate of drug-likeness (QED) is 0.536. The molecular weight excluding hydrogens is 436 g/mol. The van der Waals surface area contributed by atoms with Crippen LogP contribution in [0.1, 0.15) is 33.7 Å². The van der Waals surface area contributed by atoms with Gasteiger partial charge in [0.2, 0.25) is 0 Å². The number of anilines is 2. The van der Waals surface area contributed by atoms with Crippen LogP contribution in [0.5, 0.6) is 0 Å². The number of carbonyl (C=O) groups excluding carboxylic acids is 3. The molecule has 2 heterocycles. The van der Waals surface area contributed by atoms with Crippen molar-refractivity contribution in [1.29, 1.82) is 0 Å². The number of benzene rings is 2. The first-order chi connectivity index (χ1) is 16.4. The monoisotopic (exact) mass is 462 g/mol. The minimum atomic E-state index is -0.392. The van der Waals surface area contributed by atoms with Gasteiger partial charge in [0.25, 0.3) is 5.91 Å². The van der Waals surface area contributed by atoms with E-state index in [9.17, 15) is 14.4 Å². The summed E-state index contributed by atoms with van der Waals surface area (Å²) in [6, 6.07) is 14.2. The number of esters is 1. The molecule has 4 rings (SSSR count). The number of aryl methyl sites for hydroxylation is 1. The number of nitrogens with one attached hydrogen (secondary N) is 1. The average molecular weight is 463 g/mol. The Bertz CT molecular complexity index is 1230. The fraction of sp³-hybridized carbons (Fsp3) is 0.280. The number of amides is 2. The SMILES string of the molecule is COC(=O)CCc1c(C)nn(-c2ccc(C(=O)Nc3cccc(N4CCOC4=O)c3)cc2)c1C. The maximum atomic E-state index is 12.8. The lowest BCUT2D eigenvalue weighted by Gasteiger charge is -2.14. The first kappa shape index (κ1) is 23.0. The molecule has 1 N–H and O–H groups in total. The Morgan fingerprint density at radius 1 is 1.12 bits per heavy atom. The van der Waals surface area contributed by atoms with Crippen LogP contribution in [0.25, 0.3) is 5.69 Å². The highest BCUT2D eigenvalue weighted by atomic mass is 16.6. The zero-order chi connectivity index (χ0) is 24.2. The molecule has 9 heteroatoms. The van der Waals surface area contributed by atoms with E-state index < -0.39 is 6.09 Å². The number of nitrogens with zero attached hydrogens (tertiary/aromatic N) is 3. The molecule has 34 heavy (non-hydrogen) atoms. The van der Waals surface area contributed by atoms with E-state index >= 15 is 0 Å². The van der Waals surface area contributed by atoms with E-state index in [4.69, 9.17) is 9.47 Å². The van der Waals surface area contributed by atoms with Gasteiger partial charge in [-0.25, -0.2) is 9.48 Å². The summed E-state index contributed by atoms with van der Waals surface area (Å²) in [4.78, 5) is 37.6. The van der Waals surface area contributed by atoms with Gasteiger partial charge in [-0.05, 0) is 68.3 Å². The Balaban J connectivity index is 1.46. The van der Waals surface area contributed by atoms with Crippen molar-refractivity contribution in [3.8, 4) is 5.69 Å². The second-order valence-corrected chi connectivity index (χ2v) is 7.95. The Labute approximate surface area is 197 Å². The van der Waals surface area contributed by atoms with Gasteiger partial charge in [0.1, 0.15) is 6.61 Å². The van der Waals surface area contributed by atoms with E-state index in [1.54, 1.807) is 36.4 Å². The molecule has 3 aromatic rings. The molecule has 1 aliphatic rings. The van der Waals surface area contributed by atoms with Gasteiger partial charge < -0.3 is 14.8 Å². The molecule has 176 valence electrons. The van der Waals surface area contributed by atoms with E-state index in [-0.39, 0.29) is 11.9 Å². The molecule has 1 aromatic heterocycles. The molecule has 0 saturated carbocycles. The Morgan fingerprint density at radius 3 is 2.56 bits per heavy atom. The van der Waals surface area contributed by atoms with E-state index in [0.29, 0.717) is 42.9 Å². The molecule has 2 amide bonds. The molecule has 1 aliphatic heterocycles. The van der Waals surface area contributed by atoms with E-state index in [1.165, 1.54) is 12.0 Å². The molecule has 0 aliphatic carbocycles. The van der Waals surface area contributed by atoms with Crippen molar-refractivity contribution in [1.82, 2.24) is 9.78 Å². The van der Waals surface area contributed by atoms with E-state index in [1.807, 2.05) is 30.7 Å². The van der Waals surface area contributed by atoms with Crippen LogP contribution in [0.3, 0.4) is 0 Å². The number of methoxy groups -OCH3 is 1. The van der Waals surface area contributed by atoms with Gasteiger partial charge in [-0.3, -0.25) is 14.5 Å². The van der Waals surface area contributed by atoms with Gasteiger partial charge in [-0.15, -0.1) is 0 Å². The van der Waals surface area contributed by atoms with Gasteiger partial charge in [0.15, 0.2) is 0 Å². The van der Waals surface area contributed by atoms with Gasteiger partial charge in [-0.1, -0.05) is 6.07 Å². The lowest BCUT2D eigenvalue weighted by Crippen LogP contribution is -2.23. The highest BCUT2D eigenvalue weighted by Crippen LogP contribution is 2.24. The normalized spacial score (nSPS) is 13.0. The average Bonchev–Trinajstić information content (AvgIpc) is 3.40. The molecule has 2 aromatic carbocycles. The smallest absolute Gasteiger partial charge is 0.414 e. The third-order valence-corrected chi connectivity index (χ3v) is 5.80. The topological polar surface area (TPSA) is 103 Å². The Kier molecular flexibility index (Phi) is 6.62. The molecule has 1 saturated heterocycles. The van der Waals surface area contributed by atoms with Crippen molar-refractivity contribution >= 4 is 29.3 Å². The second-order valence-electron chi connectivity index (χ2n) is 7.95. The van der Waals surface area contributed by atoms with E-state index in [2.05, 4.69) is 10.4 Å². The number of carbonyl (C=O) groups is 3. The lowest BCUT2D eigenvalue weighted by molar-refractivity contribution is -0.140. The fourth-order valence-corrected chi connectivity index (χ4v) is 3.95. The van der Waals surface area contributed by atoms with Crippen molar-refractivity contribution < 1.29 is 23.9 Å². The molecule has 1 fully saturated rings. The summed E-state index contributed by atoms with van der Waals surface area (Å²) in [6.45, 7) is 4.70. The highest BCUT2D eigenvalue weighted by Gasteiger charge is 2.23. The summed E-state index contributed by atoms with van der Waals surface area (Å²) in [6.07, 6.45) is 0.457. The van der Waals surface area contributed by atoms with Crippen LogP contribution in [-0.4, -0.2) is 48.0 Å². The molecule has 0 spiro atoms. The Hall–Kier alpha value is -4.14. The van der Waals surface area contributed by atoms with Crippen LogP contribution >= 0.6 is 0 Å². The van der Waals surface area contributed by atoms with Gasteiger partial charge in [-0.2, -0.15) is 5.10 Å². The van der Waals surface area contributed by atoms with Crippen LogP contribution in [-0.2, 0) is 20.7 Å². The number of ether oxygens (including phenoxy) is 2. The minimum Gasteiger partial charge on any atom is -0.469 e. The van der Waals surface area contributed by atoms with Gasteiger partial charge in [0.05, 0.1) is 25.0 Å². The number of hydrogen-bond acceptors (Lipinski definition) is 6. The largest absolute Gasteiger partial charge is 0.469 e. The summed E-state index contributed by atoms with van der Waals surface area (Å²) >= 11 is 0. The van der Waals surface area contributed by atoms with Crippen LogP contribution in [0, 0.1) is 13.8 Å². The summed E-state index contributed by atoms with van der Waals surface area (Å²) in [5.74, 6) is -0.521. The summed E-state index contributed by atoms with van der Waals surface area (Å²) in [5.41, 5.74) is 5.36. The zero-order valence-corrected chi connectivity index (χ0v) is 19.3. The fourth-order valence-electron chi connectivity index (χ4n) is 3.95. The van der Waals surface area contributed by atoms with E-state index in [0.717, 1.165) is 22.6 Å². The van der Waals surface area contributed by atoms with Crippen molar-refractivity contribution in [2.75, 3.05) is 30.5 Å². The number of aromatic nitrogens is 2. The van der Waals surface area contributed by atoms with Crippen LogP contribution in [0.4, 0.5) is 16.2 Å². The minimum absolute atomic E-state index is 0.257. The number of cyclic esters (lactones) is 1. The predicted molar refractivity (Wildman–Crippen MR) is 126 cm³/mol. The summed E-state index contributed by atoms with van der Waals surface area (Å²) in [7, 11) is 1.38. The molecule has 0 atom stereocenters. The van der Waals surface area contributed by atoms with Gasteiger partial charge in [0, 0.05) is 29.1 Å². The zero-order valence-electron chi connectivity index (χ0n) is 19.3. The van der Waals surface area contributed by atoms with Crippen molar-refractivity contribution in [3.05, 3.63) is 71.0 Å². The molecule has 0 radical (unpaired) electrons. The highest BCUT2D eigenvalue weighted by molar-refractivity contribution is 6.04. The third kappa shape index (κ3) is 4.78. The van der Waals surface area contributed by atoms with Crippen LogP contribution < -0.4 is 10.2 Å². The molecule has 0 bridgehead atoms. The first-order valence-corrected chi connectivity index (χ1v) is 11.0. The lowest BCUT2D eigenvalue weighted by atomic mass is 10.1. The van der Waals surface area contributed by atoms with Crippen molar-refractivity contribution in [3.63, 3.8) is 0 Å². The van der Waals surface area contributed by atoms with Gasteiger partial charge >= 0.3 is 12.1 Å².